The Labute approximate surface area is 162 Å². The van der Waals surface area contributed by atoms with Crippen LogP contribution in [0.1, 0.15) is 34.9 Å². The predicted molar refractivity (Wildman–Crippen MR) is 108 cm³/mol. The summed E-state index contributed by atoms with van der Waals surface area (Å²) in [7, 11) is 0. The van der Waals surface area contributed by atoms with Crippen molar-refractivity contribution in [3.8, 4) is 0 Å². The molecule has 0 unspecified atom stereocenters. The average Bonchev–Trinajstić information content (AvgIpc) is 3.01. The molecule has 27 heavy (non-hydrogen) atoms. The number of nitrogens with zero attached hydrogens (tertiary/aromatic N) is 2. The number of carbonyl (C=O) groups excluding carboxylic acids is 1. The summed E-state index contributed by atoms with van der Waals surface area (Å²) in [6, 6.07) is 7.94. The van der Waals surface area contributed by atoms with Crippen LogP contribution in [-0.4, -0.2) is 15.5 Å². The molecule has 1 N–H and O–H groups in total. The van der Waals surface area contributed by atoms with Gasteiger partial charge in [0.25, 0.3) is 5.56 Å². The van der Waals surface area contributed by atoms with E-state index in [1.807, 2.05) is 31.2 Å². The molecule has 0 saturated carbocycles. The normalized spacial score (nSPS) is 16.3. The molecular weight excluding hydrogens is 358 g/mol. The van der Waals surface area contributed by atoms with Crippen LogP contribution in [0.4, 0.5) is 0 Å². The van der Waals surface area contributed by atoms with Crippen LogP contribution in [0, 0.1) is 12.8 Å². The second kappa shape index (κ2) is 7.27. The van der Waals surface area contributed by atoms with Gasteiger partial charge in [-0.3, -0.25) is 14.2 Å². The minimum atomic E-state index is -0.181. The molecule has 0 radical (unpaired) electrons. The zero-order valence-electron chi connectivity index (χ0n) is 15.6. The Hall–Kier alpha value is -2.47. The van der Waals surface area contributed by atoms with Gasteiger partial charge in [-0.1, -0.05) is 31.2 Å². The van der Waals surface area contributed by atoms with Crippen LogP contribution in [0.2, 0.25) is 0 Å². The number of benzene rings is 1. The van der Waals surface area contributed by atoms with Gasteiger partial charge in [0.15, 0.2) is 0 Å². The van der Waals surface area contributed by atoms with Crippen molar-refractivity contribution < 1.29 is 4.79 Å². The molecule has 1 atom stereocenters. The Kier molecular flexibility index (Phi) is 4.83. The van der Waals surface area contributed by atoms with Crippen molar-refractivity contribution in [2.24, 2.45) is 5.92 Å². The topological polar surface area (TPSA) is 64.0 Å². The Bertz CT molecular complexity index is 1070. The molecule has 4 rings (SSSR count). The van der Waals surface area contributed by atoms with E-state index in [1.54, 1.807) is 11.3 Å². The fraction of sp³-hybridized carbons (Fsp3) is 0.381. The van der Waals surface area contributed by atoms with Gasteiger partial charge in [0, 0.05) is 11.4 Å². The van der Waals surface area contributed by atoms with Gasteiger partial charge < -0.3 is 5.32 Å². The van der Waals surface area contributed by atoms with E-state index in [0.717, 1.165) is 46.2 Å². The SMILES string of the molecule is Cc1ccccc1CNC(=O)Cn1cnc2sc3c(c2c1=O)CC[C@@H](C)C3. The summed E-state index contributed by atoms with van der Waals surface area (Å²) in [4.78, 5) is 31.9. The lowest BCUT2D eigenvalue weighted by molar-refractivity contribution is -0.121. The van der Waals surface area contributed by atoms with E-state index >= 15 is 0 Å². The summed E-state index contributed by atoms with van der Waals surface area (Å²) in [6.07, 6.45) is 4.55. The molecule has 2 heterocycles. The third kappa shape index (κ3) is 3.54. The smallest absolute Gasteiger partial charge is 0.262 e. The fourth-order valence-electron chi connectivity index (χ4n) is 3.69. The largest absolute Gasteiger partial charge is 0.350 e. The number of amides is 1. The Morgan fingerprint density at radius 1 is 1.37 bits per heavy atom. The van der Waals surface area contributed by atoms with Crippen LogP contribution in [0.5, 0.6) is 0 Å². The highest BCUT2D eigenvalue weighted by Crippen LogP contribution is 2.35. The Balaban J connectivity index is 1.54. The van der Waals surface area contributed by atoms with Crippen LogP contribution < -0.4 is 10.9 Å². The monoisotopic (exact) mass is 381 g/mol. The molecule has 1 aliphatic carbocycles. The number of hydrogen-bond acceptors (Lipinski definition) is 4. The standard InChI is InChI=1S/C21H23N3O2S/c1-13-7-8-16-17(9-13)27-20-19(16)21(26)24(12-23-20)11-18(25)22-10-15-6-4-3-5-14(15)2/h3-6,12-13H,7-11H2,1-2H3,(H,22,25)/t13-/m1/s1. The number of thiophene rings is 1. The van der Waals surface area contributed by atoms with Crippen molar-refractivity contribution in [1.82, 2.24) is 14.9 Å². The van der Waals surface area contributed by atoms with Crippen LogP contribution >= 0.6 is 11.3 Å². The van der Waals surface area contributed by atoms with Gasteiger partial charge in [-0.15, -0.1) is 11.3 Å². The predicted octanol–water partition coefficient (Wildman–Crippen LogP) is 3.21. The van der Waals surface area contributed by atoms with E-state index in [4.69, 9.17) is 0 Å². The molecule has 1 aliphatic rings. The number of rotatable bonds is 4. The van der Waals surface area contributed by atoms with Gasteiger partial charge >= 0.3 is 0 Å². The molecule has 5 nitrogen and oxygen atoms in total. The zero-order chi connectivity index (χ0) is 19.0. The first-order chi connectivity index (χ1) is 13.0. The molecule has 3 aromatic rings. The first kappa shape index (κ1) is 17.9. The van der Waals surface area contributed by atoms with Crippen molar-refractivity contribution >= 4 is 27.5 Å². The molecule has 2 aromatic heterocycles. The highest BCUT2D eigenvalue weighted by molar-refractivity contribution is 7.18. The fourth-order valence-corrected chi connectivity index (χ4v) is 5.03. The second-order valence-corrected chi connectivity index (χ2v) is 8.50. The van der Waals surface area contributed by atoms with E-state index in [9.17, 15) is 9.59 Å². The summed E-state index contributed by atoms with van der Waals surface area (Å²) >= 11 is 1.63. The number of carbonyl (C=O) groups is 1. The Morgan fingerprint density at radius 2 is 2.19 bits per heavy atom. The number of aryl methyl sites for hydroxylation is 2. The lowest BCUT2D eigenvalue weighted by Crippen LogP contribution is -2.32. The molecule has 0 bridgehead atoms. The van der Waals surface area contributed by atoms with Crippen LogP contribution in [0.15, 0.2) is 35.4 Å². The molecule has 140 valence electrons. The number of aromatic nitrogens is 2. The average molecular weight is 382 g/mol. The van der Waals surface area contributed by atoms with Gasteiger partial charge in [-0.05, 0) is 48.8 Å². The van der Waals surface area contributed by atoms with Crippen molar-refractivity contribution in [2.45, 2.75) is 46.2 Å². The van der Waals surface area contributed by atoms with E-state index in [1.165, 1.54) is 15.8 Å². The van der Waals surface area contributed by atoms with E-state index in [0.29, 0.717) is 12.5 Å². The Morgan fingerprint density at radius 3 is 3.00 bits per heavy atom. The highest BCUT2D eigenvalue weighted by atomic mass is 32.1. The van der Waals surface area contributed by atoms with Crippen LogP contribution in [0.3, 0.4) is 0 Å². The van der Waals surface area contributed by atoms with Gasteiger partial charge in [-0.2, -0.15) is 0 Å². The van der Waals surface area contributed by atoms with Gasteiger partial charge in [0.2, 0.25) is 5.91 Å². The highest BCUT2D eigenvalue weighted by Gasteiger charge is 2.23. The van der Waals surface area contributed by atoms with Crippen molar-refractivity contribution in [1.29, 1.82) is 0 Å². The van der Waals surface area contributed by atoms with E-state index in [2.05, 4.69) is 17.2 Å². The molecule has 0 spiro atoms. The molecule has 1 aromatic carbocycles. The minimum Gasteiger partial charge on any atom is -0.350 e. The quantitative estimate of drug-likeness (QED) is 0.755. The summed E-state index contributed by atoms with van der Waals surface area (Å²) in [5.41, 5.74) is 3.27. The zero-order valence-corrected chi connectivity index (χ0v) is 16.4. The molecular formula is C21H23N3O2S. The number of hydrogen-bond donors (Lipinski definition) is 1. The van der Waals surface area contributed by atoms with Crippen molar-refractivity contribution in [3.05, 3.63) is 62.5 Å². The molecule has 1 amide bonds. The maximum absolute atomic E-state index is 13.0. The third-order valence-electron chi connectivity index (χ3n) is 5.33. The van der Waals surface area contributed by atoms with E-state index < -0.39 is 0 Å². The maximum Gasteiger partial charge on any atom is 0.262 e. The molecule has 6 heteroatoms. The minimum absolute atomic E-state index is 0.00528. The maximum atomic E-state index is 13.0. The summed E-state index contributed by atoms with van der Waals surface area (Å²) in [5, 5.41) is 3.62. The first-order valence-electron chi connectivity index (χ1n) is 9.34. The lowest BCUT2D eigenvalue weighted by Gasteiger charge is -2.17. The summed E-state index contributed by atoms with van der Waals surface area (Å²) in [6.45, 7) is 4.72. The summed E-state index contributed by atoms with van der Waals surface area (Å²) in [5.74, 6) is 0.472. The third-order valence-corrected chi connectivity index (χ3v) is 6.50. The van der Waals surface area contributed by atoms with Gasteiger partial charge in [0.05, 0.1) is 11.7 Å². The van der Waals surface area contributed by atoms with Crippen LogP contribution in [-0.2, 0) is 30.7 Å². The number of nitrogens with one attached hydrogen (secondary N) is 1. The van der Waals surface area contributed by atoms with Crippen molar-refractivity contribution in [3.63, 3.8) is 0 Å². The van der Waals surface area contributed by atoms with Gasteiger partial charge in [-0.25, -0.2) is 4.98 Å². The number of fused-ring (bicyclic) bond motifs is 3. The van der Waals surface area contributed by atoms with Gasteiger partial charge in [0.1, 0.15) is 11.4 Å². The van der Waals surface area contributed by atoms with Crippen molar-refractivity contribution in [2.75, 3.05) is 0 Å². The molecule has 0 aliphatic heterocycles. The molecule has 0 saturated heterocycles. The van der Waals surface area contributed by atoms with E-state index in [-0.39, 0.29) is 18.0 Å². The van der Waals surface area contributed by atoms with Crippen LogP contribution in [0.25, 0.3) is 10.2 Å². The molecule has 0 fully saturated rings. The summed E-state index contributed by atoms with van der Waals surface area (Å²) < 4.78 is 1.43. The second-order valence-electron chi connectivity index (χ2n) is 7.41. The lowest BCUT2D eigenvalue weighted by atomic mass is 9.89. The first-order valence-corrected chi connectivity index (χ1v) is 10.2.